The van der Waals surface area contributed by atoms with Crippen molar-refractivity contribution in [3.63, 3.8) is 0 Å². The summed E-state index contributed by atoms with van der Waals surface area (Å²) in [4.78, 5) is 0. The predicted molar refractivity (Wildman–Crippen MR) is 180 cm³/mol. The van der Waals surface area contributed by atoms with E-state index in [1.54, 1.807) is 0 Å². The highest BCUT2D eigenvalue weighted by atomic mass is 28.5. The molecule has 0 aliphatic carbocycles. The second-order valence-electron chi connectivity index (χ2n) is 14.3. The zero-order valence-electron chi connectivity index (χ0n) is 28.0. The van der Waals surface area contributed by atoms with Crippen molar-refractivity contribution in [3.05, 3.63) is 0 Å². The van der Waals surface area contributed by atoms with Crippen LogP contribution in [0.25, 0.3) is 0 Å². The van der Waals surface area contributed by atoms with Gasteiger partial charge in [0.1, 0.15) is 0 Å². The van der Waals surface area contributed by atoms with Crippen molar-refractivity contribution in [2.45, 2.75) is 130 Å². The highest BCUT2D eigenvalue weighted by Gasteiger charge is 2.49. The first-order valence-electron chi connectivity index (χ1n) is 14.2. The summed E-state index contributed by atoms with van der Waals surface area (Å²) in [5, 5.41) is 18.5. The van der Waals surface area contributed by atoms with Gasteiger partial charge in [0.2, 0.25) is 0 Å². The molecule has 39 heavy (non-hydrogen) atoms. The third kappa shape index (κ3) is 19.3. The van der Waals surface area contributed by atoms with Crippen molar-refractivity contribution >= 4 is 68.0 Å². The smallest absolute Gasteiger partial charge is 0.314 e. The van der Waals surface area contributed by atoms with Gasteiger partial charge in [-0.05, 0) is 130 Å². The molecular weight excluding hydrogens is 633 g/mol. The molecule has 0 saturated carbocycles. The molecule has 9 nitrogen and oxygen atoms in total. The molecule has 2 N–H and O–H groups in total. The van der Waals surface area contributed by atoms with Crippen LogP contribution in [0.2, 0.25) is 117 Å². The van der Waals surface area contributed by atoms with E-state index < -0.39 is 68.0 Å². The number of aliphatic hydroxyl groups excluding tert-OH is 2. The maximum Gasteiger partial charge on any atom is 0.314 e. The van der Waals surface area contributed by atoms with Gasteiger partial charge in [0.25, 0.3) is 0 Å². The molecule has 0 bridgehead atoms. The van der Waals surface area contributed by atoms with Crippen molar-refractivity contribution < 1.29 is 39.0 Å². The molecule has 0 heterocycles. The van der Waals surface area contributed by atoms with Crippen LogP contribution in [-0.4, -0.2) is 91.4 Å². The molecule has 17 heteroatoms. The van der Waals surface area contributed by atoms with E-state index in [1.165, 1.54) is 0 Å². The average Bonchev–Trinajstić information content (AvgIpc) is 2.57. The minimum absolute atomic E-state index is 0.187. The van der Waals surface area contributed by atoms with E-state index in [9.17, 15) is 10.2 Å². The minimum atomic E-state index is -2.62. The number of hydrogen-bond donors (Lipinski definition) is 2. The Hall–Kier alpha value is 1.38. The highest BCUT2D eigenvalue weighted by molar-refractivity contribution is 6.92. The standard InChI is InChI=1S/C22H62O9Si8/c1-32(2,21-17-19-23)25-34(5,6)27-36(9,10)29-38(13,14)31-39(15,16)30-37(11,12)28-35(7,8)26-33(3,4)22-18-20-24/h23-24H,17-22H2,1-16H3. The Morgan fingerprint density at radius 3 is 0.692 bits per heavy atom. The number of rotatable bonds is 20. The van der Waals surface area contributed by atoms with Gasteiger partial charge in [-0.25, -0.2) is 0 Å². The lowest BCUT2D eigenvalue weighted by Crippen LogP contribution is -2.61. The maximum absolute atomic E-state index is 9.24. The van der Waals surface area contributed by atoms with Crippen LogP contribution in [-0.2, 0) is 28.8 Å². The van der Waals surface area contributed by atoms with Crippen LogP contribution in [0.4, 0.5) is 0 Å². The Morgan fingerprint density at radius 2 is 0.513 bits per heavy atom. The van der Waals surface area contributed by atoms with Gasteiger partial charge in [-0.15, -0.1) is 0 Å². The molecule has 0 aromatic heterocycles. The van der Waals surface area contributed by atoms with Gasteiger partial charge < -0.3 is 39.0 Å². The normalized spacial score (nSPS) is 15.2. The predicted octanol–water partition coefficient (Wildman–Crippen LogP) is 6.49. The topological polar surface area (TPSA) is 105 Å². The van der Waals surface area contributed by atoms with Crippen LogP contribution in [0, 0.1) is 0 Å². The van der Waals surface area contributed by atoms with E-state index in [4.69, 9.17) is 28.8 Å². The molecule has 0 saturated heterocycles. The summed E-state index contributed by atoms with van der Waals surface area (Å²) in [5.74, 6) is 0. The highest BCUT2D eigenvalue weighted by Crippen LogP contribution is 2.30. The van der Waals surface area contributed by atoms with Crippen molar-refractivity contribution in [3.8, 4) is 0 Å². The van der Waals surface area contributed by atoms with E-state index >= 15 is 0 Å². The van der Waals surface area contributed by atoms with Crippen LogP contribution in [0.3, 0.4) is 0 Å². The lowest BCUT2D eigenvalue weighted by atomic mass is 10.5. The second kappa shape index (κ2) is 14.9. The summed E-state index contributed by atoms with van der Waals surface area (Å²) < 4.78 is 46.4. The van der Waals surface area contributed by atoms with Crippen molar-refractivity contribution in [1.29, 1.82) is 0 Å². The molecule has 0 spiro atoms. The number of aliphatic hydroxyl groups is 2. The van der Waals surface area contributed by atoms with Crippen molar-refractivity contribution in [2.24, 2.45) is 0 Å². The van der Waals surface area contributed by atoms with Gasteiger partial charge in [-0.2, -0.15) is 0 Å². The summed E-state index contributed by atoms with van der Waals surface area (Å²) in [6.45, 7) is 34.0. The van der Waals surface area contributed by atoms with Crippen LogP contribution >= 0.6 is 0 Å². The molecular formula is C22H62O9Si8. The fraction of sp³-hybridized carbons (Fsp3) is 1.00. The molecule has 0 aliphatic rings. The SMILES string of the molecule is C[Si](C)(CCCO)O[Si](C)(C)O[Si](C)(C)O[Si](C)(C)O[Si](C)(C)O[Si](C)(C)O[Si](C)(C)O[Si](C)(C)CCCO. The third-order valence-corrected chi connectivity index (χ3v) is 36.5. The minimum Gasteiger partial charge on any atom is -0.436 e. The Balaban J connectivity index is 5.31. The lowest BCUT2D eigenvalue weighted by molar-refractivity contribution is 0.263. The zero-order chi connectivity index (χ0) is 31.2. The van der Waals surface area contributed by atoms with E-state index in [2.05, 4.69) is 105 Å². The molecule has 0 aromatic carbocycles. The molecule has 0 amide bonds. The fourth-order valence-corrected chi connectivity index (χ4v) is 45.9. The van der Waals surface area contributed by atoms with Crippen LogP contribution in [0.5, 0.6) is 0 Å². The molecule has 236 valence electrons. The monoisotopic (exact) mass is 694 g/mol. The molecule has 0 radical (unpaired) electrons. The van der Waals surface area contributed by atoms with Gasteiger partial charge in [0, 0.05) is 13.2 Å². The third-order valence-electron chi connectivity index (χ3n) is 5.38. The summed E-state index contributed by atoms with van der Waals surface area (Å²) in [7, 11) is -19.1. The van der Waals surface area contributed by atoms with E-state index in [1.807, 2.05) is 0 Å². The van der Waals surface area contributed by atoms with E-state index in [0.717, 1.165) is 24.9 Å². The van der Waals surface area contributed by atoms with Gasteiger partial charge >= 0.3 is 51.4 Å². The van der Waals surface area contributed by atoms with Crippen molar-refractivity contribution in [2.75, 3.05) is 13.2 Å². The van der Waals surface area contributed by atoms with Gasteiger partial charge in [-0.3, -0.25) is 0 Å². The first-order valence-corrected chi connectivity index (χ1v) is 37.3. The Morgan fingerprint density at radius 1 is 0.333 bits per heavy atom. The lowest BCUT2D eigenvalue weighted by Gasteiger charge is -2.44. The quantitative estimate of drug-likeness (QED) is 0.138. The molecule has 0 aromatic rings. The summed E-state index contributed by atoms with van der Waals surface area (Å²) in [6, 6.07) is 1.81. The van der Waals surface area contributed by atoms with Crippen LogP contribution in [0.1, 0.15) is 12.8 Å². The largest absolute Gasteiger partial charge is 0.436 e. The average molecular weight is 695 g/mol. The van der Waals surface area contributed by atoms with Gasteiger partial charge in [-0.1, -0.05) is 0 Å². The molecule has 0 rings (SSSR count). The molecule has 0 aliphatic heterocycles. The van der Waals surface area contributed by atoms with Gasteiger partial charge in [0.15, 0.2) is 16.6 Å². The summed E-state index contributed by atoms with van der Waals surface area (Å²) in [6.07, 6.45) is 1.51. The first-order chi connectivity index (χ1) is 17.1. The summed E-state index contributed by atoms with van der Waals surface area (Å²) in [5.41, 5.74) is 0. The molecule has 0 unspecified atom stereocenters. The van der Waals surface area contributed by atoms with E-state index in [-0.39, 0.29) is 13.2 Å². The van der Waals surface area contributed by atoms with Gasteiger partial charge in [0.05, 0.1) is 0 Å². The summed E-state index contributed by atoms with van der Waals surface area (Å²) >= 11 is 0. The van der Waals surface area contributed by atoms with Crippen LogP contribution < -0.4 is 0 Å². The first kappa shape index (κ1) is 40.4. The Labute approximate surface area is 249 Å². The fourth-order valence-electron chi connectivity index (χ4n) is 5.53. The number of hydrogen-bond acceptors (Lipinski definition) is 9. The molecule has 0 fully saturated rings. The second-order valence-corrected chi connectivity index (χ2v) is 44.8. The Bertz CT molecular complexity index is 687. The zero-order valence-corrected chi connectivity index (χ0v) is 36.0. The van der Waals surface area contributed by atoms with Crippen molar-refractivity contribution in [1.82, 2.24) is 0 Å². The molecule has 0 atom stereocenters. The maximum atomic E-state index is 9.24. The Kier molecular flexibility index (Phi) is 15.4. The van der Waals surface area contributed by atoms with Crippen LogP contribution in [0.15, 0.2) is 0 Å². The van der Waals surface area contributed by atoms with E-state index in [0.29, 0.717) is 0 Å².